The van der Waals surface area contributed by atoms with Gasteiger partial charge in [-0.25, -0.2) is 4.98 Å². The van der Waals surface area contributed by atoms with Crippen molar-refractivity contribution in [3.8, 4) is 5.75 Å². The maximum Gasteiger partial charge on any atom is 0.303 e. The predicted molar refractivity (Wildman–Crippen MR) is 504 cm³/mol. The van der Waals surface area contributed by atoms with Gasteiger partial charge in [-0.2, -0.15) is 0 Å². The van der Waals surface area contributed by atoms with Crippen LogP contribution in [0.1, 0.15) is 147 Å². The second-order valence-corrected chi connectivity index (χ2v) is 36.4. The lowest BCUT2D eigenvalue weighted by molar-refractivity contribution is -0.149. The van der Waals surface area contributed by atoms with Crippen LogP contribution in [0, 0.1) is 11.3 Å². The summed E-state index contributed by atoms with van der Waals surface area (Å²) in [6.45, 7) is 6.16. The number of rotatable bonds is 27. The van der Waals surface area contributed by atoms with Crippen molar-refractivity contribution in [1.29, 1.82) is 5.41 Å². The van der Waals surface area contributed by atoms with Gasteiger partial charge in [0, 0.05) is 125 Å². The number of aliphatic hydroxyl groups is 3. The summed E-state index contributed by atoms with van der Waals surface area (Å²) in [4.78, 5) is 254. The average Bonchev–Trinajstić information content (AvgIpc) is 1.76. The number of hydrogen-bond acceptors (Lipinski definition) is 24. The van der Waals surface area contributed by atoms with Gasteiger partial charge >= 0.3 is 5.97 Å². The third kappa shape index (κ3) is 30.4. The number of nitrogens with zero attached hydrogens (tertiary/aromatic N) is 6. The van der Waals surface area contributed by atoms with Crippen molar-refractivity contribution < 1.29 is 102 Å². The molecule has 3 aromatic heterocycles. The number of carboxylic acid groups (broad SMARTS) is 1. The number of unbranched alkanes of at least 4 members (excludes halogenated alkanes) is 2. The van der Waals surface area contributed by atoms with Crippen LogP contribution in [0.4, 0.5) is 0 Å². The number of fused-ring (bicyclic) bond motifs is 4. The summed E-state index contributed by atoms with van der Waals surface area (Å²) in [6.07, 6.45) is 1.45. The SMILES string of the molecule is CCCC[C@H]1C(=O)N(C)[C@@H](CCCC)C(=O)N[C@@H](CCCNC(=N)N)C(=O)N[C@H](C(=O)NCC(N)=O)CSCC(=O)N[C@@H](Cc2ccc(O)cc2)C(=O)N(C)[C@@H](C)C(=O)N[C@@H](CCC(=O)O)C(=O)N2CCC[C@H]2C(=O)N[C@@H](Cc2cnc[nH]2)C(=O)N[C@@H](CC(C)C)C(=O)N2C[C@H](O)C[C@H]2C(=O)N[C@@H](Cc2c[nH]c3ccccc23)C(=O)N[C@@H](CO)C(O)N[C@@H](Cc2c[nH]c3ccccc23)C(=O)N1C. The molecule has 3 fully saturated rings. The number of phenols is 1. The molecule has 45 heteroatoms. The minimum absolute atomic E-state index is 0.00742. The lowest BCUT2D eigenvalue weighted by Crippen LogP contribution is -2.63. The molecule has 137 heavy (non-hydrogen) atoms. The number of aliphatic carboxylic acids is 1. The molecule has 1 unspecified atom stereocenters. The molecule has 746 valence electrons. The molecule has 6 aromatic rings. The highest BCUT2D eigenvalue weighted by Gasteiger charge is 2.47. The van der Waals surface area contributed by atoms with Gasteiger partial charge in [0.2, 0.25) is 88.6 Å². The number of para-hydroxylation sites is 2. The Morgan fingerprint density at radius 1 is 0.584 bits per heavy atom. The Balaban J connectivity index is 1.11. The number of thioether (sulfide) groups is 1. The van der Waals surface area contributed by atoms with Crippen molar-refractivity contribution >= 4 is 134 Å². The number of aliphatic hydroxyl groups excluding tert-OH is 3. The number of benzene rings is 3. The predicted octanol–water partition coefficient (Wildman–Crippen LogP) is -2.15. The first-order valence-electron chi connectivity index (χ1n) is 46.1. The van der Waals surface area contributed by atoms with E-state index in [4.69, 9.17) is 16.9 Å². The van der Waals surface area contributed by atoms with Crippen LogP contribution in [-0.4, -0.2) is 333 Å². The fourth-order valence-electron chi connectivity index (χ4n) is 17.0. The molecular weight excluding hydrogens is 1800 g/mol. The molecule has 0 saturated carbocycles. The van der Waals surface area contributed by atoms with Crippen LogP contribution >= 0.6 is 11.8 Å². The molecule has 0 bridgehead atoms. The summed E-state index contributed by atoms with van der Waals surface area (Å²) in [5.41, 5.74) is 14.1. The summed E-state index contributed by atoms with van der Waals surface area (Å²) in [5, 5.41) is 94.3. The Kier molecular flexibility index (Phi) is 40.5. The van der Waals surface area contributed by atoms with E-state index < -0.39 is 241 Å². The van der Waals surface area contributed by atoms with E-state index >= 15 is 38.4 Å². The number of phenolic OH excluding ortho intramolecular Hbond substituents is 1. The van der Waals surface area contributed by atoms with E-state index in [0.29, 0.717) is 69.9 Å². The largest absolute Gasteiger partial charge is 0.508 e. The number of H-pyrrole nitrogens is 3. The van der Waals surface area contributed by atoms with E-state index in [9.17, 15) is 63.9 Å². The molecule has 0 spiro atoms. The smallest absolute Gasteiger partial charge is 0.303 e. The Morgan fingerprint density at radius 3 is 1.76 bits per heavy atom. The number of carbonyl (C=O) groups excluding carboxylic acids is 15. The zero-order chi connectivity index (χ0) is 100. The molecule has 3 aliphatic rings. The van der Waals surface area contributed by atoms with Crippen LogP contribution in [0.15, 0.2) is 97.7 Å². The van der Waals surface area contributed by atoms with Crippen LogP contribution < -0.4 is 70.0 Å². The highest BCUT2D eigenvalue weighted by molar-refractivity contribution is 8.00. The number of carbonyl (C=O) groups is 16. The first-order valence-corrected chi connectivity index (χ1v) is 47.3. The average molecular weight is 1930 g/mol. The Bertz CT molecular complexity index is 5210. The van der Waals surface area contributed by atoms with Gasteiger partial charge in [-0.1, -0.05) is 102 Å². The van der Waals surface area contributed by atoms with Crippen molar-refractivity contribution in [1.82, 2.24) is 103 Å². The quantitative estimate of drug-likeness (QED) is 0.0149. The van der Waals surface area contributed by atoms with E-state index in [1.54, 1.807) is 74.8 Å². The number of likely N-dealkylation sites (N-methyl/N-ethyl adjacent to an activating group) is 3. The van der Waals surface area contributed by atoms with E-state index in [1.807, 2.05) is 13.8 Å². The third-order valence-corrected chi connectivity index (χ3v) is 25.7. The molecular formula is C92H131N23O21S. The van der Waals surface area contributed by atoms with Crippen molar-refractivity contribution in [3.05, 3.63) is 120 Å². The van der Waals surface area contributed by atoms with Gasteiger partial charge < -0.3 is 130 Å². The molecule has 0 radical (unpaired) electrons. The first-order chi connectivity index (χ1) is 65.3. The molecule has 3 aliphatic heterocycles. The van der Waals surface area contributed by atoms with Gasteiger partial charge in [0.1, 0.15) is 84.5 Å². The maximum atomic E-state index is 15.8. The lowest BCUT2D eigenvalue weighted by atomic mass is 9.99. The normalized spacial score (nSPS) is 25.2. The highest BCUT2D eigenvalue weighted by Crippen LogP contribution is 2.29. The molecule has 24 N–H and O–H groups in total. The zero-order valence-electron chi connectivity index (χ0n) is 78.2. The fourth-order valence-corrected chi connectivity index (χ4v) is 17.9. The zero-order valence-corrected chi connectivity index (χ0v) is 79.1. The number of primary amides is 1. The number of aromatic amines is 3. The minimum Gasteiger partial charge on any atom is -0.508 e. The number of aromatic nitrogens is 4. The monoisotopic (exact) mass is 1930 g/mol. The van der Waals surface area contributed by atoms with Gasteiger partial charge in [-0.05, 0) is 112 Å². The molecule has 0 aliphatic carbocycles. The van der Waals surface area contributed by atoms with Crippen LogP contribution in [0.3, 0.4) is 0 Å². The maximum absolute atomic E-state index is 15.8. The van der Waals surface area contributed by atoms with Crippen LogP contribution in [-0.2, 0) is 102 Å². The number of hydrogen-bond donors (Lipinski definition) is 22. The molecule has 44 nitrogen and oxygen atoms in total. The summed E-state index contributed by atoms with van der Waals surface area (Å²) in [6, 6.07) is -1.65. The van der Waals surface area contributed by atoms with Crippen molar-refractivity contribution in [3.63, 3.8) is 0 Å². The van der Waals surface area contributed by atoms with Gasteiger partial charge in [0.05, 0.1) is 43.4 Å². The second kappa shape index (κ2) is 51.6. The fraction of sp³-hybridized carbons (Fsp3) is 0.543. The van der Waals surface area contributed by atoms with Crippen molar-refractivity contribution in [2.45, 2.75) is 247 Å². The molecule has 3 saturated heterocycles. The molecule has 9 rings (SSSR count). The van der Waals surface area contributed by atoms with E-state index in [2.05, 4.69) is 78.4 Å². The summed E-state index contributed by atoms with van der Waals surface area (Å²) in [5.74, 6) is -17.0. The van der Waals surface area contributed by atoms with Crippen LogP contribution in [0.25, 0.3) is 21.8 Å². The van der Waals surface area contributed by atoms with Gasteiger partial charge in [-0.3, -0.25) is 87.4 Å². The van der Waals surface area contributed by atoms with Crippen molar-refractivity contribution in [2.24, 2.45) is 17.4 Å². The minimum atomic E-state index is -2.03. The van der Waals surface area contributed by atoms with Crippen molar-refractivity contribution in [2.75, 3.05) is 65.4 Å². The Morgan fingerprint density at radius 2 is 1.15 bits per heavy atom. The number of carboxylic acids is 1. The molecule has 16 atom stereocenters. The number of aromatic hydroxyl groups is 1. The first kappa shape index (κ1) is 107. The Labute approximate surface area is 796 Å². The topological polar surface area (TPSA) is 659 Å². The molecule has 3 aromatic carbocycles. The van der Waals surface area contributed by atoms with Gasteiger partial charge in [0.25, 0.3) is 0 Å². The molecule has 6 heterocycles. The number of nitrogens with one attached hydrogen (secondary N) is 15. The van der Waals surface area contributed by atoms with Crippen LogP contribution in [0.5, 0.6) is 5.75 Å². The standard InChI is InChI=1S/C92H131N23O21S/c1-9-11-24-71-84(129)103-62(23-17-33-97-92(94)95)80(125)110-70(79(124)100-44-75(93)119)47-137-48-76(120)102-67(36-52-27-29-56(117)30-28-52)87(132)111(6)51(5)78(123)104-63(31-32-77(121)122)89(134)114-34-18-26-72(114)85(130)106-65(39-55-43-96-49-101-55)82(127)107-66(35-50(3)4)90(135)115-45-57(118)40-74(115)86(131)105-64(37-53-41-98-60-21-15-13-19-58(53)60)81(126)109-69(46-116)83(128)108-68(38-54-42-99-61-22-16-14-20-59(54)61)88(133)113(8)73(25-12-10-2)91(136)112(71)7/h13-16,19-22,27-30,41-43,49-51,57,62-74,83,98-99,108,116-118,128H,9-12,17-18,23-26,31-40,44-48H2,1-8H3,(H2,93,119)(H,96,101)(H,100,124)(H,102,120)(H,103,129)(H,104,123)(H,105,131)(H,106,130)(H,107,127)(H,109,126)(H,110,125)(H,121,122)(H4,94,95,97)/t51-,57+,62-,63-,64-,65-,66-,67-,68-,69-,70-,71-,72-,73-,74-,83?/m0/s1. The molecule has 15 amide bonds. The van der Waals surface area contributed by atoms with Gasteiger partial charge in [-0.15, -0.1) is 11.8 Å². The van der Waals surface area contributed by atoms with E-state index in [1.165, 1.54) is 69.8 Å². The highest BCUT2D eigenvalue weighted by atomic mass is 32.2. The summed E-state index contributed by atoms with van der Waals surface area (Å²) in [7, 11) is 3.95. The lowest BCUT2D eigenvalue weighted by Gasteiger charge is -2.37. The number of guanidine groups is 1. The third-order valence-electron chi connectivity index (χ3n) is 24.7. The summed E-state index contributed by atoms with van der Waals surface area (Å²) >= 11 is 0.762. The van der Waals surface area contributed by atoms with Gasteiger partial charge in [0.15, 0.2) is 5.96 Å². The second-order valence-electron chi connectivity index (χ2n) is 35.4. The van der Waals surface area contributed by atoms with Crippen LogP contribution in [0.2, 0.25) is 0 Å². The van der Waals surface area contributed by atoms with E-state index in [-0.39, 0.29) is 102 Å². The number of imidazole rings is 1. The number of nitrogens with two attached hydrogens (primary N) is 2. The number of amides is 15. The Hall–Kier alpha value is -13.3. The summed E-state index contributed by atoms with van der Waals surface area (Å²) < 4.78 is 0. The van der Waals surface area contributed by atoms with E-state index in [0.717, 1.165) is 31.4 Å².